The summed E-state index contributed by atoms with van der Waals surface area (Å²) < 4.78 is 0. The van der Waals surface area contributed by atoms with Gasteiger partial charge in [-0.2, -0.15) is 4.99 Å². The Balaban J connectivity index is 2.37. The number of isocyanates is 1. The first-order chi connectivity index (χ1) is 8.13. The molecule has 3 heteroatoms. The summed E-state index contributed by atoms with van der Waals surface area (Å²) in [5, 5.41) is 0. The van der Waals surface area contributed by atoms with Crippen molar-refractivity contribution in [2.24, 2.45) is 4.99 Å². The molecule has 0 saturated heterocycles. The number of rotatable bonds is 3. The van der Waals surface area contributed by atoms with Crippen LogP contribution in [-0.4, -0.2) is 6.08 Å². The summed E-state index contributed by atoms with van der Waals surface area (Å²) in [4.78, 5) is 16.5. The van der Waals surface area contributed by atoms with E-state index in [2.05, 4.69) is 23.2 Å². The highest BCUT2D eigenvalue weighted by Gasteiger charge is 2.21. The largest absolute Gasteiger partial charge is 0.235 e. The van der Waals surface area contributed by atoms with E-state index in [9.17, 15) is 4.79 Å². The van der Waals surface area contributed by atoms with Gasteiger partial charge in [0.15, 0.2) is 0 Å². The van der Waals surface area contributed by atoms with Gasteiger partial charge in [0.05, 0.1) is 0 Å². The molecule has 1 heterocycles. The van der Waals surface area contributed by atoms with Crippen LogP contribution in [0.2, 0.25) is 0 Å². The van der Waals surface area contributed by atoms with Gasteiger partial charge in [0.25, 0.3) is 0 Å². The van der Waals surface area contributed by atoms with E-state index >= 15 is 0 Å². The number of aliphatic imine (C=N–C) groups is 1. The predicted octanol–water partition coefficient (Wildman–Crippen LogP) is 3.99. The van der Waals surface area contributed by atoms with E-state index in [4.69, 9.17) is 0 Å². The van der Waals surface area contributed by atoms with Crippen LogP contribution in [0.15, 0.2) is 47.5 Å². The van der Waals surface area contributed by atoms with Gasteiger partial charge in [-0.05, 0) is 31.5 Å². The van der Waals surface area contributed by atoms with Gasteiger partial charge in [0.1, 0.15) is 5.54 Å². The van der Waals surface area contributed by atoms with E-state index in [1.54, 1.807) is 17.4 Å². The van der Waals surface area contributed by atoms with Crippen LogP contribution in [0.25, 0.3) is 10.4 Å². The van der Waals surface area contributed by atoms with Gasteiger partial charge in [0, 0.05) is 9.75 Å². The maximum absolute atomic E-state index is 10.4. The highest BCUT2D eigenvalue weighted by Crippen LogP contribution is 2.35. The molecule has 1 aromatic heterocycles. The van der Waals surface area contributed by atoms with E-state index in [1.165, 1.54) is 10.4 Å². The van der Waals surface area contributed by atoms with Crippen molar-refractivity contribution >= 4 is 17.4 Å². The van der Waals surface area contributed by atoms with Gasteiger partial charge in [-0.1, -0.05) is 30.3 Å². The molecule has 2 aromatic rings. The van der Waals surface area contributed by atoms with Gasteiger partial charge < -0.3 is 0 Å². The molecule has 0 fully saturated rings. The summed E-state index contributed by atoms with van der Waals surface area (Å²) in [6.45, 7) is 3.83. The molecule has 2 nitrogen and oxygen atoms in total. The quantitative estimate of drug-likeness (QED) is 0.592. The Morgan fingerprint density at radius 3 is 2.47 bits per heavy atom. The summed E-state index contributed by atoms with van der Waals surface area (Å²) in [6, 6.07) is 14.3. The maximum atomic E-state index is 10.4. The van der Waals surface area contributed by atoms with Crippen molar-refractivity contribution in [1.82, 2.24) is 0 Å². The van der Waals surface area contributed by atoms with Crippen molar-refractivity contribution in [2.75, 3.05) is 0 Å². The molecule has 0 aliphatic heterocycles. The predicted molar refractivity (Wildman–Crippen MR) is 70.9 cm³/mol. The number of benzene rings is 1. The van der Waals surface area contributed by atoms with Crippen molar-refractivity contribution in [3.63, 3.8) is 0 Å². The third-order valence-electron chi connectivity index (χ3n) is 2.59. The highest BCUT2D eigenvalue weighted by atomic mass is 32.1. The number of thiophene rings is 1. The standard InChI is InChI=1S/C14H13NOS/c1-14(2,15-10-16)13-9-8-12(17-13)11-6-4-3-5-7-11/h3-9H,1-2H3. The van der Waals surface area contributed by atoms with Gasteiger partial charge >= 0.3 is 0 Å². The number of hydrogen-bond donors (Lipinski definition) is 0. The second-order valence-corrected chi connectivity index (χ2v) is 5.38. The van der Waals surface area contributed by atoms with Crippen LogP contribution in [-0.2, 0) is 10.3 Å². The topological polar surface area (TPSA) is 29.4 Å². The fraction of sp³-hybridized carbons (Fsp3) is 0.214. The zero-order valence-electron chi connectivity index (χ0n) is 9.81. The first-order valence-electron chi connectivity index (χ1n) is 5.38. The van der Waals surface area contributed by atoms with E-state index in [0.717, 1.165) is 4.88 Å². The molecule has 0 aliphatic rings. The third kappa shape index (κ3) is 2.52. The van der Waals surface area contributed by atoms with Crippen molar-refractivity contribution in [1.29, 1.82) is 0 Å². The lowest BCUT2D eigenvalue weighted by atomic mass is 10.0. The maximum Gasteiger partial charge on any atom is 0.235 e. The van der Waals surface area contributed by atoms with E-state index in [1.807, 2.05) is 38.1 Å². The third-order valence-corrected chi connectivity index (χ3v) is 4.04. The van der Waals surface area contributed by atoms with Gasteiger partial charge in [-0.3, -0.25) is 0 Å². The molecule has 86 valence electrons. The Labute approximate surface area is 105 Å². The minimum Gasteiger partial charge on any atom is -0.211 e. The minimum atomic E-state index is -0.487. The van der Waals surface area contributed by atoms with Crippen molar-refractivity contribution < 1.29 is 4.79 Å². The Morgan fingerprint density at radius 2 is 1.82 bits per heavy atom. The lowest BCUT2D eigenvalue weighted by Crippen LogP contribution is -2.10. The molecule has 0 unspecified atom stereocenters. The molecule has 2 rings (SSSR count). The molecule has 0 N–H and O–H groups in total. The summed E-state index contributed by atoms with van der Waals surface area (Å²) in [7, 11) is 0. The van der Waals surface area contributed by atoms with Crippen LogP contribution in [0.3, 0.4) is 0 Å². The van der Waals surface area contributed by atoms with Crippen molar-refractivity contribution in [3.05, 3.63) is 47.3 Å². The summed E-state index contributed by atoms with van der Waals surface area (Å²) in [6.07, 6.45) is 1.64. The van der Waals surface area contributed by atoms with Crippen LogP contribution in [0.4, 0.5) is 0 Å². The zero-order chi connectivity index (χ0) is 12.3. The molecule has 0 spiro atoms. The van der Waals surface area contributed by atoms with Crippen LogP contribution in [0.1, 0.15) is 18.7 Å². The van der Waals surface area contributed by atoms with E-state index < -0.39 is 5.54 Å². The number of nitrogens with zero attached hydrogens (tertiary/aromatic N) is 1. The second-order valence-electron chi connectivity index (χ2n) is 4.29. The number of carbonyl (C=O) groups excluding carboxylic acids is 1. The Kier molecular flexibility index (Phi) is 3.23. The molecule has 0 atom stereocenters. The zero-order valence-corrected chi connectivity index (χ0v) is 10.6. The van der Waals surface area contributed by atoms with Crippen molar-refractivity contribution in [3.8, 4) is 10.4 Å². The average Bonchev–Trinajstić information content (AvgIpc) is 2.80. The molecule has 0 radical (unpaired) electrons. The highest BCUT2D eigenvalue weighted by molar-refractivity contribution is 7.15. The lowest BCUT2D eigenvalue weighted by Gasteiger charge is -2.14. The normalized spacial score (nSPS) is 10.9. The molecule has 0 aliphatic carbocycles. The lowest BCUT2D eigenvalue weighted by molar-refractivity contribution is 0.528. The Hall–Kier alpha value is -1.70. The van der Waals surface area contributed by atoms with E-state index in [0.29, 0.717) is 0 Å². The fourth-order valence-corrected chi connectivity index (χ4v) is 2.65. The molecular weight excluding hydrogens is 230 g/mol. The molecule has 0 bridgehead atoms. The van der Waals surface area contributed by atoms with Crippen LogP contribution in [0, 0.1) is 0 Å². The van der Waals surface area contributed by atoms with Gasteiger partial charge in [0.2, 0.25) is 6.08 Å². The average molecular weight is 243 g/mol. The molecular formula is C14H13NOS. The number of hydrogen-bond acceptors (Lipinski definition) is 3. The van der Waals surface area contributed by atoms with Gasteiger partial charge in [-0.15, -0.1) is 11.3 Å². The van der Waals surface area contributed by atoms with Crippen LogP contribution >= 0.6 is 11.3 Å². The van der Waals surface area contributed by atoms with Crippen molar-refractivity contribution in [2.45, 2.75) is 19.4 Å². The Bertz CT molecular complexity index is 551. The monoisotopic (exact) mass is 243 g/mol. The summed E-state index contributed by atoms with van der Waals surface area (Å²) >= 11 is 1.66. The smallest absolute Gasteiger partial charge is 0.211 e. The van der Waals surface area contributed by atoms with Gasteiger partial charge in [-0.25, -0.2) is 4.79 Å². The first kappa shape index (κ1) is 11.8. The molecule has 0 saturated carbocycles. The minimum absolute atomic E-state index is 0.487. The molecule has 1 aromatic carbocycles. The van der Waals surface area contributed by atoms with E-state index in [-0.39, 0.29) is 0 Å². The SMILES string of the molecule is CC(C)(N=C=O)c1ccc(-c2ccccc2)s1. The van der Waals surface area contributed by atoms with Crippen LogP contribution in [0.5, 0.6) is 0 Å². The second kappa shape index (κ2) is 4.66. The molecule has 17 heavy (non-hydrogen) atoms. The Morgan fingerprint density at radius 1 is 1.12 bits per heavy atom. The van der Waals surface area contributed by atoms with Crippen LogP contribution < -0.4 is 0 Å². The molecule has 0 amide bonds. The fourth-order valence-electron chi connectivity index (χ4n) is 1.59. The summed E-state index contributed by atoms with van der Waals surface area (Å²) in [5.41, 5.74) is 0.703. The summed E-state index contributed by atoms with van der Waals surface area (Å²) in [5.74, 6) is 0. The first-order valence-corrected chi connectivity index (χ1v) is 6.20.